The average Bonchev–Trinajstić information content (AvgIpc) is 3.23. The first kappa shape index (κ1) is 41.1. The first-order valence-corrected chi connectivity index (χ1v) is 16.4. The van der Waals surface area contributed by atoms with Gasteiger partial charge in [0.1, 0.15) is 13.1 Å². The molecule has 1 aliphatic heterocycles. The van der Waals surface area contributed by atoms with Crippen LogP contribution in [0.15, 0.2) is 4.99 Å². The molecule has 39 heavy (non-hydrogen) atoms. The number of carbonyl (C=O) groups is 1. The Balaban J connectivity index is 0. The molecule has 1 unspecified atom stereocenters. The minimum absolute atomic E-state index is 0. The number of aliphatic hydroxyl groups excluding tert-OH is 1. The molecule has 9 nitrogen and oxygen atoms in total. The molecule has 226 valence electrons. The van der Waals surface area contributed by atoms with E-state index in [9.17, 15) is 22.9 Å². The largest absolute Gasteiger partial charge is 1.00 e. The fraction of sp³-hybridized carbons (Fsp3) is 0.929. The van der Waals surface area contributed by atoms with Gasteiger partial charge in [-0.15, -0.1) is 0 Å². The molecule has 0 spiro atoms. The van der Waals surface area contributed by atoms with E-state index < -0.39 is 16.4 Å². The number of rotatable bonds is 24. The minimum Gasteiger partial charge on any atom is -0.726 e. The Morgan fingerprint density at radius 2 is 1.33 bits per heavy atom. The number of amidine groups is 1. The zero-order chi connectivity index (χ0) is 28.5. The maximum absolute atomic E-state index is 11.1. The monoisotopic (exact) mass is 587 g/mol. The van der Waals surface area contributed by atoms with E-state index >= 15 is 0 Å². The van der Waals surface area contributed by atoms with Crippen LogP contribution in [0, 0.1) is 0 Å². The van der Waals surface area contributed by atoms with Gasteiger partial charge in [0.25, 0.3) is 0 Å². The summed E-state index contributed by atoms with van der Waals surface area (Å²) < 4.78 is 34.8. The fourth-order valence-electron chi connectivity index (χ4n) is 4.90. The second-order valence-electron chi connectivity index (χ2n) is 10.4. The van der Waals surface area contributed by atoms with Crippen LogP contribution in [0.1, 0.15) is 129 Å². The number of aliphatic imine (C=N–C) groups is 1. The molecule has 0 radical (unpaired) electrons. The Morgan fingerprint density at radius 1 is 0.872 bits per heavy atom. The van der Waals surface area contributed by atoms with Crippen LogP contribution >= 0.6 is 0 Å². The molecule has 0 aromatic carbocycles. The molecule has 0 aliphatic carbocycles. The van der Waals surface area contributed by atoms with Crippen LogP contribution in [0.3, 0.4) is 0 Å². The number of aliphatic carboxylic acids is 1. The van der Waals surface area contributed by atoms with E-state index in [1.54, 1.807) is 0 Å². The van der Waals surface area contributed by atoms with Crippen molar-refractivity contribution in [1.29, 1.82) is 0 Å². The van der Waals surface area contributed by atoms with Gasteiger partial charge in [0.05, 0.1) is 19.8 Å². The van der Waals surface area contributed by atoms with Crippen LogP contribution in [0.2, 0.25) is 0 Å². The normalized spacial score (nSPS) is 16.8. The number of nitrogens with zero attached hydrogens (tertiary/aromatic N) is 2. The van der Waals surface area contributed by atoms with Gasteiger partial charge in [0.15, 0.2) is 12.4 Å². The molecular weight excluding hydrogens is 531 g/mol. The third-order valence-corrected chi connectivity index (χ3v) is 7.52. The van der Waals surface area contributed by atoms with Crippen LogP contribution in [-0.2, 0) is 19.4 Å². The van der Waals surface area contributed by atoms with Crippen molar-refractivity contribution >= 4 is 22.2 Å². The van der Waals surface area contributed by atoms with E-state index in [2.05, 4.69) is 23.0 Å². The molecule has 1 aliphatic rings. The van der Waals surface area contributed by atoms with Crippen LogP contribution in [0.25, 0.3) is 0 Å². The minimum atomic E-state index is -4.48. The van der Waals surface area contributed by atoms with Gasteiger partial charge in [-0.2, -0.15) is 0 Å². The number of hydrogen-bond donors (Lipinski definition) is 2. The third kappa shape index (κ3) is 24.3. The second kappa shape index (κ2) is 26.8. The number of quaternary nitrogens is 1. The van der Waals surface area contributed by atoms with E-state index in [-0.39, 0.29) is 49.3 Å². The molecule has 0 bridgehead atoms. The first-order chi connectivity index (χ1) is 18.2. The maximum Gasteiger partial charge on any atom is 1.00 e. The Labute approximate surface area is 261 Å². The Kier molecular flexibility index (Phi) is 28.2. The molecule has 2 N–H and O–H groups in total. The second-order valence-corrected chi connectivity index (χ2v) is 11.5. The number of hydrogen-bond acceptors (Lipinski definition) is 7. The zero-order valence-electron chi connectivity index (χ0n) is 25.2. The Morgan fingerprint density at radius 3 is 1.77 bits per heavy atom. The van der Waals surface area contributed by atoms with Gasteiger partial charge in [0.2, 0.25) is 10.4 Å². The molecular formula is C28H56N2NaO7S+. The smallest absolute Gasteiger partial charge is 0.726 e. The molecule has 0 saturated carbocycles. The summed E-state index contributed by atoms with van der Waals surface area (Å²) in [5, 5.41) is 18.4. The van der Waals surface area contributed by atoms with Crippen LogP contribution in [-0.4, -0.2) is 78.9 Å². The van der Waals surface area contributed by atoms with Crippen LogP contribution < -0.4 is 29.6 Å². The molecule has 1 rings (SSSR count). The SMILES string of the molecule is CCCCCCCCCC1=NCC[N+]1(CCO)CC(=O)O.CCCCCCCCCCCCOS(=O)(=O)[O-].[Na+]. The van der Waals surface area contributed by atoms with Gasteiger partial charge < -0.3 is 14.8 Å². The summed E-state index contributed by atoms with van der Waals surface area (Å²) in [4.78, 5) is 15.6. The maximum atomic E-state index is 11.1. The van der Waals surface area contributed by atoms with E-state index in [1.165, 1.54) is 83.5 Å². The number of carboxylic acids is 1. The molecule has 1 heterocycles. The first-order valence-electron chi connectivity index (χ1n) is 15.0. The summed E-state index contributed by atoms with van der Waals surface area (Å²) in [5.41, 5.74) is 0. The molecule has 0 amide bonds. The molecule has 1 atom stereocenters. The topological polar surface area (TPSA) is 136 Å². The third-order valence-electron chi connectivity index (χ3n) is 7.07. The summed E-state index contributed by atoms with van der Waals surface area (Å²) in [7, 11) is -4.48. The van der Waals surface area contributed by atoms with Crippen LogP contribution in [0.5, 0.6) is 0 Å². The predicted octanol–water partition coefficient (Wildman–Crippen LogP) is 2.82. The number of carboxylic acid groups (broad SMARTS) is 1. The molecule has 0 aromatic heterocycles. The van der Waals surface area contributed by atoms with E-state index in [0.29, 0.717) is 24.0 Å². The van der Waals surface area contributed by atoms with Crippen molar-refractivity contribution in [3.05, 3.63) is 0 Å². The van der Waals surface area contributed by atoms with Gasteiger partial charge in [-0.1, -0.05) is 110 Å². The predicted molar refractivity (Wildman–Crippen MR) is 152 cm³/mol. The fourth-order valence-corrected chi connectivity index (χ4v) is 5.22. The van der Waals surface area contributed by atoms with Crippen molar-refractivity contribution in [2.24, 2.45) is 4.99 Å². The van der Waals surface area contributed by atoms with Crippen molar-refractivity contribution < 1.29 is 66.2 Å². The van der Waals surface area contributed by atoms with Gasteiger partial charge in [-0.3, -0.25) is 8.67 Å². The molecule has 0 aromatic rings. The van der Waals surface area contributed by atoms with Crippen LogP contribution in [0.4, 0.5) is 0 Å². The van der Waals surface area contributed by atoms with Crippen molar-refractivity contribution in [3.63, 3.8) is 0 Å². The summed E-state index contributed by atoms with van der Waals surface area (Å²) in [6.07, 6.45) is 21.3. The van der Waals surface area contributed by atoms with Gasteiger partial charge >= 0.3 is 35.5 Å². The summed E-state index contributed by atoms with van der Waals surface area (Å²) in [6.45, 7) is 6.42. The molecule has 11 heteroatoms. The van der Waals surface area contributed by atoms with Gasteiger partial charge in [0, 0.05) is 6.42 Å². The summed E-state index contributed by atoms with van der Waals surface area (Å²) in [5.74, 6) is 0.178. The van der Waals surface area contributed by atoms with Crippen molar-refractivity contribution in [3.8, 4) is 0 Å². The summed E-state index contributed by atoms with van der Waals surface area (Å²) >= 11 is 0. The van der Waals surface area contributed by atoms with Crippen molar-refractivity contribution in [1.82, 2.24) is 0 Å². The van der Waals surface area contributed by atoms with E-state index in [1.807, 2.05) is 0 Å². The Bertz CT molecular complexity index is 723. The quantitative estimate of drug-likeness (QED) is 0.0583. The molecule has 0 saturated heterocycles. The number of aliphatic hydroxyl groups is 1. The van der Waals surface area contributed by atoms with E-state index in [0.717, 1.165) is 38.1 Å². The number of unbranched alkanes of at least 4 members (excludes halogenated alkanes) is 15. The Hall–Kier alpha value is -0.0700. The zero-order valence-corrected chi connectivity index (χ0v) is 28.0. The summed E-state index contributed by atoms with van der Waals surface area (Å²) in [6, 6.07) is 0. The molecule has 0 fully saturated rings. The standard InChI is InChI=1S/C16H30N2O3.C12H26O4S.Na/c1-2-3-4-5-6-7-8-9-15-17-10-11-18(15,12-13-19)14-16(20)21;1-2-3-4-5-6-7-8-9-10-11-12-16-17(13,14)15;/h19H,2-14H2,1H3;2-12H2,1H3,(H,13,14,15);/q;;+1. The average molecular weight is 588 g/mol. The van der Waals surface area contributed by atoms with Crippen molar-refractivity contribution in [2.75, 3.05) is 39.4 Å². The van der Waals surface area contributed by atoms with E-state index in [4.69, 9.17) is 5.11 Å². The van der Waals surface area contributed by atoms with Crippen molar-refractivity contribution in [2.45, 2.75) is 129 Å². The van der Waals surface area contributed by atoms with Gasteiger partial charge in [-0.05, 0) is 12.8 Å². The van der Waals surface area contributed by atoms with Gasteiger partial charge in [-0.25, -0.2) is 18.2 Å².